The summed E-state index contributed by atoms with van der Waals surface area (Å²) in [4.78, 5) is 2.42. The highest BCUT2D eigenvalue weighted by Crippen LogP contribution is 2.09. The third kappa shape index (κ3) is 2.73. The van der Waals surface area contributed by atoms with Crippen LogP contribution in [0.4, 0.5) is 0 Å². The van der Waals surface area contributed by atoms with Crippen LogP contribution in [0, 0.1) is 0 Å². The van der Waals surface area contributed by atoms with E-state index >= 15 is 0 Å². The zero-order valence-electron chi connectivity index (χ0n) is 7.83. The third-order valence-corrected chi connectivity index (χ3v) is 2.42. The van der Waals surface area contributed by atoms with Crippen molar-refractivity contribution in [1.29, 1.82) is 0 Å². The lowest BCUT2D eigenvalue weighted by Crippen LogP contribution is -2.45. The van der Waals surface area contributed by atoms with Crippen molar-refractivity contribution in [2.75, 3.05) is 32.9 Å². The van der Waals surface area contributed by atoms with E-state index in [2.05, 4.69) is 11.8 Å². The standard InChI is InChI=1S/C9H19NO2/c1-2-9-8-12-7-5-10(9)4-3-6-11/h9,11H,2-8H2,1H3. The Morgan fingerprint density at radius 1 is 1.58 bits per heavy atom. The van der Waals surface area contributed by atoms with Crippen LogP contribution in [-0.4, -0.2) is 49.0 Å². The number of nitrogens with zero attached hydrogens (tertiary/aromatic N) is 1. The van der Waals surface area contributed by atoms with Crippen molar-refractivity contribution in [3.05, 3.63) is 0 Å². The van der Waals surface area contributed by atoms with E-state index in [0.29, 0.717) is 12.6 Å². The molecule has 1 N–H and O–H groups in total. The molecule has 1 rings (SSSR count). The molecule has 1 fully saturated rings. The van der Waals surface area contributed by atoms with Crippen molar-refractivity contribution < 1.29 is 9.84 Å². The van der Waals surface area contributed by atoms with Gasteiger partial charge >= 0.3 is 0 Å². The van der Waals surface area contributed by atoms with Gasteiger partial charge in [-0.15, -0.1) is 0 Å². The molecular weight excluding hydrogens is 154 g/mol. The highest BCUT2D eigenvalue weighted by molar-refractivity contribution is 4.73. The molecular formula is C9H19NO2. The smallest absolute Gasteiger partial charge is 0.0622 e. The fourth-order valence-corrected chi connectivity index (χ4v) is 1.63. The Bertz CT molecular complexity index is 119. The van der Waals surface area contributed by atoms with Crippen LogP contribution >= 0.6 is 0 Å². The van der Waals surface area contributed by atoms with Crippen molar-refractivity contribution >= 4 is 0 Å². The van der Waals surface area contributed by atoms with Gasteiger partial charge in [-0.3, -0.25) is 4.90 Å². The van der Waals surface area contributed by atoms with Gasteiger partial charge in [-0.25, -0.2) is 0 Å². The molecule has 0 amide bonds. The van der Waals surface area contributed by atoms with Gasteiger partial charge in [0.05, 0.1) is 13.2 Å². The maximum atomic E-state index is 8.70. The first kappa shape index (κ1) is 9.96. The normalized spacial score (nSPS) is 26.0. The van der Waals surface area contributed by atoms with Crippen LogP contribution < -0.4 is 0 Å². The molecule has 0 aromatic rings. The summed E-state index contributed by atoms with van der Waals surface area (Å²) in [5.74, 6) is 0. The van der Waals surface area contributed by atoms with E-state index in [4.69, 9.17) is 9.84 Å². The van der Waals surface area contributed by atoms with Crippen molar-refractivity contribution in [1.82, 2.24) is 4.90 Å². The average molecular weight is 173 g/mol. The molecule has 0 aliphatic carbocycles. The van der Waals surface area contributed by atoms with Crippen LogP contribution in [0.2, 0.25) is 0 Å². The van der Waals surface area contributed by atoms with E-state index in [9.17, 15) is 0 Å². The Hall–Kier alpha value is -0.120. The fraction of sp³-hybridized carbons (Fsp3) is 1.00. The number of hydrogen-bond donors (Lipinski definition) is 1. The minimum atomic E-state index is 0.299. The van der Waals surface area contributed by atoms with E-state index in [-0.39, 0.29) is 0 Å². The molecule has 0 spiro atoms. The molecule has 12 heavy (non-hydrogen) atoms. The molecule has 1 aliphatic heterocycles. The molecule has 0 aromatic heterocycles. The van der Waals surface area contributed by atoms with Crippen LogP contribution in [0.5, 0.6) is 0 Å². The quantitative estimate of drug-likeness (QED) is 0.671. The predicted molar refractivity (Wildman–Crippen MR) is 48.2 cm³/mol. The first-order valence-electron chi connectivity index (χ1n) is 4.81. The Morgan fingerprint density at radius 3 is 3.08 bits per heavy atom. The number of aliphatic hydroxyl groups excluding tert-OH is 1. The monoisotopic (exact) mass is 173 g/mol. The predicted octanol–water partition coefficient (Wildman–Crippen LogP) is 0.480. The molecule has 1 unspecified atom stereocenters. The van der Waals surface area contributed by atoms with Crippen molar-refractivity contribution in [2.24, 2.45) is 0 Å². The number of rotatable bonds is 4. The van der Waals surface area contributed by atoms with E-state index in [1.807, 2.05) is 0 Å². The van der Waals surface area contributed by atoms with Crippen molar-refractivity contribution in [3.8, 4) is 0 Å². The van der Waals surface area contributed by atoms with Crippen molar-refractivity contribution in [3.63, 3.8) is 0 Å². The minimum absolute atomic E-state index is 0.299. The molecule has 0 aromatic carbocycles. The molecule has 0 saturated carbocycles. The molecule has 1 saturated heterocycles. The molecule has 1 aliphatic rings. The molecule has 0 radical (unpaired) electrons. The van der Waals surface area contributed by atoms with Crippen LogP contribution in [0.3, 0.4) is 0 Å². The molecule has 1 atom stereocenters. The number of morpholine rings is 1. The number of aliphatic hydroxyl groups is 1. The maximum Gasteiger partial charge on any atom is 0.0622 e. The Labute approximate surface area is 74.3 Å². The summed E-state index contributed by atoms with van der Waals surface area (Å²) in [6, 6.07) is 0.574. The van der Waals surface area contributed by atoms with Gasteiger partial charge in [0.25, 0.3) is 0 Å². The topological polar surface area (TPSA) is 32.7 Å². The van der Waals surface area contributed by atoms with E-state index < -0.39 is 0 Å². The SMILES string of the molecule is CCC1COCCN1CCCO. The second kappa shape index (κ2) is 5.51. The second-order valence-corrected chi connectivity index (χ2v) is 3.25. The van der Waals surface area contributed by atoms with Crippen LogP contribution in [0.25, 0.3) is 0 Å². The van der Waals surface area contributed by atoms with Gasteiger partial charge in [-0.1, -0.05) is 6.92 Å². The van der Waals surface area contributed by atoms with Gasteiger partial charge < -0.3 is 9.84 Å². The Kier molecular flexibility index (Phi) is 4.58. The largest absolute Gasteiger partial charge is 0.396 e. The van der Waals surface area contributed by atoms with Gasteiger partial charge in [0.2, 0.25) is 0 Å². The van der Waals surface area contributed by atoms with E-state index in [1.54, 1.807) is 0 Å². The second-order valence-electron chi connectivity index (χ2n) is 3.25. The lowest BCUT2D eigenvalue weighted by Gasteiger charge is -2.34. The summed E-state index contributed by atoms with van der Waals surface area (Å²) in [7, 11) is 0. The molecule has 72 valence electrons. The molecule has 3 nitrogen and oxygen atoms in total. The molecule has 3 heteroatoms. The molecule has 0 bridgehead atoms. The average Bonchev–Trinajstić information content (AvgIpc) is 2.15. The summed E-state index contributed by atoms with van der Waals surface area (Å²) in [5, 5.41) is 8.70. The lowest BCUT2D eigenvalue weighted by atomic mass is 10.1. The van der Waals surface area contributed by atoms with Gasteiger partial charge in [-0.2, -0.15) is 0 Å². The zero-order chi connectivity index (χ0) is 8.81. The number of hydrogen-bond acceptors (Lipinski definition) is 3. The van der Waals surface area contributed by atoms with Crippen LogP contribution in [0.1, 0.15) is 19.8 Å². The summed E-state index contributed by atoms with van der Waals surface area (Å²) < 4.78 is 5.38. The number of ether oxygens (including phenoxy) is 1. The summed E-state index contributed by atoms with van der Waals surface area (Å²) in [6.07, 6.45) is 2.03. The summed E-state index contributed by atoms with van der Waals surface area (Å²) in [6.45, 7) is 6.24. The fourth-order valence-electron chi connectivity index (χ4n) is 1.63. The Balaban J connectivity index is 2.26. The zero-order valence-corrected chi connectivity index (χ0v) is 7.83. The van der Waals surface area contributed by atoms with Gasteiger partial charge in [0, 0.05) is 25.7 Å². The highest BCUT2D eigenvalue weighted by Gasteiger charge is 2.19. The van der Waals surface area contributed by atoms with Gasteiger partial charge in [0.1, 0.15) is 0 Å². The Morgan fingerprint density at radius 2 is 2.42 bits per heavy atom. The van der Waals surface area contributed by atoms with Crippen LogP contribution in [-0.2, 0) is 4.74 Å². The maximum absolute atomic E-state index is 8.70. The summed E-state index contributed by atoms with van der Waals surface area (Å²) >= 11 is 0. The molecule has 1 heterocycles. The first-order valence-corrected chi connectivity index (χ1v) is 4.81. The van der Waals surface area contributed by atoms with Crippen LogP contribution in [0.15, 0.2) is 0 Å². The van der Waals surface area contributed by atoms with Gasteiger partial charge in [0.15, 0.2) is 0 Å². The summed E-state index contributed by atoms with van der Waals surface area (Å²) in [5.41, 5.74) is 0. The minimum Gasteiger partial charge on any atom is -0.396 e. The third-order valence-electron chi connectivity index (χ3n) is 2.42. The lowest BCUT2D eigenvalue weighted by molar-refractivity contribution is -0.0106. The van der Waals surface area contributed by atoms with E-state index in [0.717, 1.165) is 39.1 Å². The highest BCUT2D eigenvalue weighted by atomic mass is 16.5. The van der Waals surface area contributed by atoms with Crippen molar-refractivity contribution in [2.45, 2.75) is 25.8 Å². The first-order chi connectivity index (χ1) is 5.88. The van der Waals surface area contributed by atoms with E-state index in [1.165, 1.54) is 0 Å². The van der Waals surface area contributed by atoms with Gasteiger partial charge in [-0.05, 0) is 12.8 Å².